The molecule has 160 valence electrons. The summed E-state index contributed by atoms with van der Waals surface area (Å²) in [5, 5.41) is 4.77. The molecule has 0 heterocycles. The molecular formula is C18H18N2O8S2. The van der Waals surface area contributed by atoms with Crippen molar-refractivity contribution in [2.24, 2.45) is 0 Å². The third-order valence-electron chi connectivity index (χ3n) is 3.67. The van der Waals surface area contributed by atoms with Crippen LogP contribution < -0.4 is 10.6 Å². The molecule has 2 aromatic rings. The molecule has 0 spiro atoms. The number of nitrogens with one attached hydrogen (secondary N) is 2. The van der Waals surface area contributed by atoms with E-state index in [4.69, 9.17) is 0 Å². The number of benzene rings is 2. The van der Waals surface area contributed by atoms with Crippen LogP contribution in [0.5, 0.6) is 0 Å². The average Bonchev–Trinajstić information content (AvgIpc) is 2.58. The van der Waals surface area contributed by atoms with Gasteiger partial charge in [-0.3, -0.25) is 18.7 Å². The highest BCUT2D eigenvalue weighted by molar-refractivity contribution is 7.86. The van der Waals surface area contributed by atoms with E-state index in [1.165, 1.54) is 50.3 Å². The SMILES string of the molecule is CC(=O)Nc1ccc(C=Cc2ccc(NC(C)=O)cc2S(=O)(=O)O)c(S(=O)(=O)O)c1. The molecule has 0 aliphatic carbocycles. The number of carbonyl (C=O) groups is 2. The molecular weight excluding hydrogens is 436 g/mol. The van der Waals surface area contributed by atoms with Gasteiger partial charge in [-0.2, -0.15) is 16.8 Å². The molecule has 0 atom stereocenters. The summed E-state index contributed by atoms with van der Waals surface area (Å²) in [7, 11) is -9.35. The molecule has 0 saturated heterocycles. The lowest BCUT2D eigenvalue weighted by atomic mass is 10.1. The van der Waals surface area contributed by atoms with Gasteiger partial charge in [-0.05, 0) is 35.4 Å². The van der Waals surface area contributed by atoms with Crippen LogP contribution in [0.15, 0.2) is 46.2 Å². The molecule has 0 aromatic heterocycles. The van der Waals surface area contributed by atoms with E-state index in [-0.39, 0.29) is 22.5 Å². The van der Waals surface area contributed by atoms with Crippen molar-refractivity contribution in [2.45, 2.75) is 23.6 Å². The number of hydrogen-bond donors (Lipinski definition) is 4. The summed E-state index contributed by atoms with van der Waals surface area (Å²) >= 11 is 0. The predicted octanol–water partition coefficient (Wildman–Crippen LogP) is 2.27. The highest BCUT2D eigenvalue weighted by Gasteiger charge is 2.17. The van der Waals surface area contributed by atoms with Gasteiger partial charge in [0.25, 0.3) is 20.2 Å². The Labute approximate surface area is 173 Å². The second kappa shape index (κ2) is 8.75. The quantitative estimate of drug-likeness (QED) is 0.381. The Bertz CT molecular complexity index is 1150. The maximum Gasteiger partial charge on any atom is 0.295 e. The highest BCUT2D eigenvalue weighted by atomic mass is 32.2. The van der Waals surface area contributed by atoms with Crippen LogP contribution in [0, 0.1) is 0 Å². The molecule has 0 radical (unpaired) electrons. The van der Waals surface area contributed by atoms with E-state index in [0.29, 0.717) is 0 Å². The van der Waals surface area contributed by atoms with Crippen molar-refractivity contribution in [3.05, 3.63) is 47.5 Å². The minimum absolute atomic E-state index is 0.00109. The summed E-state index contributed by atoms with van der Waals surface area (Å²) in [6, 6.07) is 7.45. The molecule has 30 heavy (non-hydrogen) atoms. The molecule has 0 aliphatic rings. The van der Waals surface area contributed by atoms with E-state index in [0.717, 1.165) is 12.1 Å². The second-order valence-electron chi connectivity index (χ2n) is 6.15. The molecule has 2 rings (SSSR count). The standard InChI is InChI=1S/C18H18N2O8S2/c1-11(21)19-15-7-5-13(17(9-15)29(23,24)25)3-4-14-6-8-16(20-12(2)22)10-18(14)30(26,27)28/h3-10H,1-2H3,(H,19,21)(H,20,22)(H,23,24,25)(H,26,27,28). The lowest BCUT2D eigenvalue weighted by Gasteiger charge is -2.09. The number of carbonyl (C=O) groups excluding carboxylic acids is 2. The van der Waals surface area contributed by atoms with Gasteiger partial charge in [0, 0.05) is 25.2 Å². The first-order valence-electron chi connectivity index (χ1n) is 8.24. The summed E-state index contributed by atoms with van der Waals surface area (Å²) in [6.07, 6.45) is 2.42. The molecule has 2 aromatic carbocycles. The minimum Gasteiger partial charge on any atom is -0.326 e. The van der Waals surface area contributed by atoms with Crippen molar-refractivity contribution in [3.63, 3.8) is 0 Å². The highest BCUT2D eigenvalue weighted by Crippen LogP contribution is 2.26. The fourth-order valence-corrected chi connectivity index (χ4v) is 3.95. The molecule has 0 saturated carbocycles. The van der Waals surface area contributed by atoms with Crippen molar-refractivity contribution < 1.29 is 35.5 Å². The van der Waals surface area contributed by atoms with Crippen molar-refractivity contribution in [2.75, 3.05) is 10.6 Å². The van der Waals surface area contributed by atoms with E-state index >= 15 is 0 Å². The third-order valence-corrected chi connectivity index (χ3v) is 5.48. The fraction of sp³-hybridized carbons (Fsp3) is 0.111. The normalized spacial score (nSPS) is 12.0. The maximum absolute atomic E-state index is 11.7. The Kier molecular flexibility index (Phi) is 6.77. The van der Waals surface area contributed by atoms with Crippen molar-refractivity contribution in [1.29, 1.82) is 0 Å². The Balaban J connectivity index is 2.56. The summed E-state index contributed by atoms with van der Waals surface area (Å²) in [6.45, 7) is 2.45. The predicted molar refractivity (Wildman–Crippen MR) is 110 cm³/mol. The summed E-state index contributed by atoms with van der Waals surface area (Å²) in [4.78, 5) is 21.3. The lowest BCUT2D eigenvalue weighted by Crippen LogP contribution is -2.08. The molecule has 0 aliphatic heterocycles. The van der Waals surface area contributed by atoms with E-state index in [2.05, 4.69) is 10.6 Å². The Morgan fingerprint density at radius 1 is 0.733 bits per heavy atom. The van der Waals surface area contributed by atoms with Crippen LogP contribution in [0.25, 0.3) is 12.2 Å². The Morgan fingerprint density at radius 3 is 1.33 bits per heavy atom. The van der Waals surface area contributed by atoms with E-state index in [9.17, 15) is 35.5 Å². The van der Waals surface area contributed by atoms with Crippen LogP contribution in [0.2, 0.25) is 0 Å². The smallest absolute Gasteiger partial charge is 0.295 e. The van der Waals surface area contributed by atoms with E-state index < -0.39 is 41.8 Å². The lowest BCUT2D eigenvalue weighted by molar-refractivity contribution is -0.115. The Morgan fingerprint density at radius 2 is 1.07 bits per heavy atom. The maximum atomic E-state index is 11.7. The van der Waals surface area contributed by atoms with Gasteiger partial charge in [-0.25, -0.2) is 0 Å². The third kappa shape index (κ3) is 6.22. The van der Waals surface area contributed by atoms with Gasteiger partial charge in [-0.1, -0.05) is 24.3 Å². The van der Waals surface area contributed by atoms with Crippen LogP contribution in [-0.2, 0) is 29.8 Å². The number of amides is 2. The molecule has 0 bridgehead atoms. The van der Waals surface area contributed by atoms with Gasteiger partial charge >= 0.3 is 0 Å². The van der Waals surface area contributed by atoms with Crippen LogP contribution in [0.1, 0.15) is 25.0 Å². The topological polar surface area (TPSA) is 167 Å². The number of rotatable bonds is 6. The van der Waals surface area contributed by atoms with Gasteiger partial charge in [-0.15, -0.1) is 0 Å². The first-order chi connectivity index (χ1) is 13.8. The van der Waals surface area contributed by atoms with Gasteiger partial charge in [0.05, 0.1) is 0 Å². The zero-order valence-electron chi connectivity index (χ0n) is 15.8. The molecule has 4 N–H and O–H groups in total. The Hall–Kier alpha value is -3.06. The first kappa shape index (κ1) is 23.2. The summed E-state index contributed by atoms with van der Waals surface area (Å²) in [5.74, 6) is -0.895. The van der Waals surface area contributed by atoms with Crippen LogP contribution in [0.3, 0.4) is 0 Å². The largest absolute Gasteiger partial charge is 0.326 e. The molecule has 0 fully saturated rings. The van der Waals surface area contributed by atoms with Crippen LogP contribution in [-0.4, -0.2) is 37.8 Å². The van der Waals surface area contributed by atoms with E-state index in [1.807, 2.05) is 0 Å². The zero-order valence-corrected chi connectivity index (χ0v) is 17.4. The first-order valence-corrected chi connectivity index (χ1v) is 11.1. The number of anilines is 2. The minimum atomic E-state index is -4.67. The number of hydrogen-bond acceptors (Lipinski definition) is 6. The summed E-state index contributed by atoms with van der Waals surface area (Å²) in [5.41, 5.74) is 0.258. The van der Waals surface area contributed by atoms with Gasteiger partial charge in [0.1, 0.15) is 9.79 Å². The van der Waals surface area contributed by atoms with Crippen LogP contribution in [0.4, 0.5) is 11.4 Å². The van der Waals surface area contributed by atoms with Gasteiger partial charge < -0.3 is 10.6 Å². The molecule has 0 unspecified atom stereocenters. The van der Waals surface area contributed by atoms with Gasteiger partial charge in [0.15, 0.2) is 0 Å². The monoisotopic (exact) mass is 454 g/mol. The van der Waals surface area contributed by atoms with Crippen molar-refractivity contribution in [3.8, 4) is 0 Å². The van der Waals surface area contributed by atoms with Gasteiger partial charge in [0.2, 0.25) is 11.8 Å². The second-order valence-corrected chi connectivity index (χ2v) is 8.93. The summed E-state index contributed by atoms with van der Waals surface area (Å²) < 4.78 is 65.8. The molecule has 10 nitrogen and oxygen atoms in total. The average molecular weight is 454 g/mol. The molecule has 2 amide bonds. The van der Waals surface area contributed by atoms with Crippen molar-refractivity contribution >= 4 is 55.6 Å². The zero-order chi connectivity index (χ0) is 22.7. The van der Waals surface area contributed by atoms with Crippen molar-refractivity contribution in [1.82, 2.24) is 0 Å². The molecule has 12 heteroatoms. The van der Waals surface area contributed by atoms with E-state index in [1.54, 1.807) is 0 Å². The van der Waals surface area contributed by atoms with Crippen LogP contribution >= 0.6 is 0 Å². The fourth-order valence-electron chi connectivity index (χ4n) is 2.53.